The molecule has 1 spiro atoms. The molecule has 0 N–H and O–H groups in total. The van der Waals surface area contributed by atoms with E-state index in [-0.39, 0.29) is 5.41 Å². The number of ketones is 1. The van der Waals surface area contributed by atoms with Gasteiger partial charge in [0, 0.05) is 21.1 Å². The molecule has 0 aromatic carbocycles. The molecule has 4 saturated carbocycles. The third-order valence-corrected chi connectivity index (χ3v) is 7.44. The summed E-state index contributed by atoms with van der Waals surface area (Å²) >= 11 is 3.36. The summed E-state index contributed by atoms with van der Waals surface area (Å²) in [6.07, 6.45) is 7.25. The van der Waals surface area contributed by atoms with Gasteiger partial charge in [0.15, 0.2) is 5.78 Å². The Kier molecular flexibility index (Phi) is 2.02. The van der Waals surface area contributed by atoms with E-state index in [1.165, 1.54) is 6.42 Å². The van der Waals surface area contributed by atoms with Gasteiger partial charge in [0.1, 0.15) is 0 Å². The van der Waals surface area contributed by atoms with Gasteiger partial charge in [-0.3, -0.25) is 4.79 Å². The molecule has 1 aliphatic heterocycles. The summed E-state index contributed by atoms with van der Waals surface area (Å²) in [6, 6.07) is 0. The molecule has 4 atom stereocenters. The molecule has 17 heavy (non-hydrogen) atoms. The van der Waals surface area contributed by atoms with Crippen molar-refractivity contribution in [3.63, 3.8) is 0 Å². The maximum atomic E-state index is 12.4. The zero-order chi connectivity index (χ0) is 11.8. The Morgan fingerprint density at radius 2 is 2.06 bits per heavy atom. The zero-order valence-corrected chi connectivity index (χ0v) is 11.7. The third kappa shape index (κ3) is 1.05. The van der Waals surface area contributed by atoms with Gasteiger partial charge in [0.2, 0.25) is 0 Å². The molecule has 2 nitrogen and oxygen atoms in total. The summed E-state index contributed by atoms with van der Waals surface area (Å²) in [5.41, 5.74) is 0.526. The Balaban J connectivity index is 1.56. The molecular formula is C13H16O2S2. The van der Waals surface area contributed by atoms with Crippen LogP contribution in [0.25, 0.3) is 0 Å². The molecule has 5 fully saturated rings. The summed E-state index contributed by atoms with van der Waals surface area (Å²) in [7, 11) is 0. The summed E-state index contributed by atoms with van der Waals surface area (Å²) < 4.78 is 6.54. The Labute approximate surface area is 110 Å². The van der Waals surface area contributed by atoms with E-state index in [0.717, 1.165) is 23.4 Å². The predicted molar refractivity (Wildman–Crippen MR) is 70.9 cm³/mol. The van der Waals surface area contributed by atoms with Gasteiger partial charge in [-0.2, -0.15) is 0 Å². The highest BCUT2D eigenvalue weighted by Gasteiger charge is 2.98. The number of hydrogen-bond donors (Lipinski definition) is 0. The fourth-order valence-corrected chi connectivity index (χ4v) is 5.75. The second kappa shape index (κ2) is 3.14. The average molecular weight is 268 g/mol. The first-order valence-electron chi connectivity index (χ1n) is 6.12. The quantitative estimate of drug-likeness (QED) is 0.731. The van der Waals surface area contributed by atoms with Crippen molar-refractivity contribution in [3.05, 3.63) is 10.3 Å². The van der Waals surface area contributed by atoms with Crippen molar-refractivity contribution in [1.82, 2.24) is 0 Å². The maximum absolute atomic E-state index is 12.4. The number of allylic oxidation sites excluding steroid dienone is 1. The predicted octanol–water partition coefficient (Wildman–Crippen LogP) is 2.41. The van der Waals surface area contributed by atoms with Gasteiger partial charge >= 0.3 is 0 Å². The van der Waals surface area contributed by atoms with Crippen LogP contribution < -0.4 is 0 Å². The van der Waals surface area contributed by atoms with Gasteiger partial charge in [-0.15, -0.1) is 23.5 Å². The van der Waals surface area contributed by atoms with E-state index in [4.69, 9.17) is 4.74 Å². The Bertz CT molecular complexity index is 429. The fraction of sp³-hybridized carbons (Fsp3) is 0.769. The Morgan fingerprint density at radius 3 is 2.47 bits per heavy atom. The number of ether oxygens (including phenoxy) is 1. The molecule has 5 aliphatic rings. The largest absolute Gasteiger partial charge is 0.380 e. The molecule has 0 amide bonds. The van der Waals surface area contributed by atoms with Crippen LogP contribution in [0.15, 0.2) is 10.3 Å². The average Bonchev–Trinajstić information content (AvgIpc) is 3.04. The maximum Gasteiger partial charge on any atom is 0.164 e. The van der Waals surface area contributed by atoms with E-state index in [1.54, 1.807) is 23.5 Å². The minimum atomic E-state index is 0.0977. The minimum Gasteiger partial charge on any atom is -0.380 e. The number of carbonyl (C=O) groups is 1. The molecule has 92 valence electrons. The van der Waals surface area contributed by atoms with Crippen molar-refractivity contribution >= 4 is 29.3 Å². The first kappa shape index (κ1) is 10.9. The van der Waals surface area contributed by atoms with E-state index in [0.29, 0.717) is 23.0 Å². The number of carbonyl (C=O) groups excluding carboxylic acids is 1. The van der Waals surface area contributed by atoms with Crippen LogP contribution in [0.3, 0.4) is 0 Å². The molecule has 4 unspecified atom stereocenters. The summed E-state index contributed by atoms with van der Waals surface area (Å²) in [6.45, 7) is 1.84. The van der Waals surface area contributed by atoms with Crippen LogP contribution in [-0.4, -0.2) is 31.5 Å². The molecule has 0 radical (unpaired) electrons. The molecule has 1 heterocycles. The van der Waals surface area contributed by atoms with Gasteiger partial charge in [0.05, 0.1) is 13.2 Å². The second-order valence-corrected chi connectivity index (χ2v) is 7.79. The molecular weight excluding hydrogens is 252 g/mol. The number of thioether (sulfide) groups is 2. The van der Waals surface area contributed by atoms with Crippen molar-refractivity contribution in [3.8, 4) is 0 Å². The third-order valence-electron chi connectivity index (χ3n) is 5.40. The van der Waals surface area contributed by atoms with Gasteiger partial charge < -0.3 is 4.74 Å². The van der Waals surface area contributed by atoms with Crippen molar-refractivity contribution in [2.24, 2.45) is 28.6 Å². The van der Waals surface area contributed by atoms with Gasteiger partial charge in [-0.1, -0.05) is 0 Å². The van der Waals surface area contributed by atoms with Crippen LogP contribution in [0.2, 0.25) is 0 Å². The summed E-state index contributed by atoms with van der Waals surface area (Å²) in [5, 5.41) is 0. The van der Waals surface area contributed by atoms with E-state index >= 15 is 0 Å². The highest BCUT2D eigenvalue weighted by molar-refractivity contribution is 8.21. The van der Waals surface area contributed by atoms with Crippen molar-refractivity contribution in [2.75, 3.05) is 25.7 Å². The summed E-state index contributed by atoms with van der Waals surface area (Å²) in [4.78, 5) is 12.4. The fourth-order valence-electron chi connectivity index (χ4n) is 4.63. The first-order valence-corrected chi connectivity index (χ1v) is 8.57. The lowest BCUT2D eigenvalue weighted by molar-refractivity contribution is -0.126. The van der Waals surface area contributed by atoms with Gasteiger partial charge in [-0.05, 0) is 36.7 Å². The van der Waals surface area contributed by atoms with Crippen LogP contribution in [0.5, 0.6) is 0 Å². The molecule has 2 bridgehead atoms. The number of hydrogen-bond acceptors (Lipinski definition) is 4. The lowest BCUT2D eigenvalue weighted by Crippen LogP contribution is -2.42. The first-order chi connectivity index (χ1) is 8.20. The Hall–Kier alpha value is 0.0700. The second-order valence-electron chi connectivity index (χ2n) is 5.84. The SMILES string of the molecule is CSC(=CC(=O)C12C3CC4(COC4)C1C32)SC. The molecule has 5 rings (SSSR count). The highest BCUT2D eigenvalue weighted by Crippen LogP contribution is 2.96. The zero-order valence-electron chi connectivity index (χ0n) is 10.1. The van der Waals surface area contributed by atoms with Crippen LogP contribution in [0.1, 0.15) is 6.42 Å². The number of rotatable bonds is 4. The lowest BCUT2D eigenvalue weighted by atomic mass is 9.81. The highest BCUT2D eigenvalue weighted by atomic mass is 32.2. The van der Waals surface area contributed by atoms with Crippen LogP contribution in [-0.2, 0) is 9.53 Å². The van der Waals surface area contributed by atoms with E-state index < -0.39 is 0 Å². The molecule has 4 heteroatoms. The van der Waals surface area contributed by atoms with E-state index in [1.807, 2.05) is 18.6 Å². The van der Waals surface area contributed by atoms with Gasteiger partial charge in [-0.25, -0.2) is 0 Å². The molecule has 4 aliphatic carbocycles. The van der Waals surface area contributed by atoms with Crippen LogP contribution in [0.4, 0.5) is 0 Å². The summed E-state index contributed by atoms with van der Waals surface area (Å²) in [5.74, 6) is 2.55. The van der Waals surface area contributed by atoms with E-state index in [2.05, 4.69) is 0 Å². The monoisotopic (exact) mass is 268 g/mol. The topological polar surface area (TPSA) is 26.3 Å². The van der Waals surface area contributed by atoms with Gasteiger partial charge in [0.25, 0.3) is 0 Å². The smallest absolute Gasteiger partial charge is 0.164 e. The minimum absolute atomic E-state index is 0.0977. The molecule has 0 aromatic rings. The molecule has 0 aromatic heterocycles. The Morgan fingerprint density at radius 1 is 1.35 bits per heavy atom. The lowest BCUT2D eigenvalue weighted by Gasteiger charge is -2.38. The normalized spacial score (nSPS) is 46.1. The van der Waals surface area contributed by atoms with Crippen molar-refractivity contribution < 1.29 is 9.53 Å². The van der Waals surface area contributed by atoms with Crippen molar-refractivity contribution in [1.29, 1.82) is 0 Å². The van der Waals surface area contributed by atoms with Crippen LogP contribution in [0, 0.1) is 28.6 Å². The standard InChI is InChI=1S/C13H16O2S2/c1-16-9(17-2)3-8(14)13-7-4-12(5-15-6-12)11(13)10(7)13/h3,7,10-11H,4-6H2,1-2H3. The van der Waals surface area contributed by atoms with Crippen molar-refractivity contribution in [2.45, 2.75) is 6.42 Å². The van der Waals surface area contributed by atoms with Crippen LogP contribution >= 0.6 is 23.5 Å². The van der Waals surface area contributed by atoms with E-state index in [9.17, 15) is 4.79 Å². The molecule has 1 saturated heterocycles.